The lowest BCUT2D eigenvalue weighted by Gasteiger charge is -2.47. The third kappa shape index (κ3) is 2.45. The molecule has 0 unspecified atom stereocenters. The number of benzene rings is 1. The number of para-hydroxylation sites is 1. The summed E-state index contributed by atoms with van der Waals surface area (Å²) < 4.78 is 0. The van der Waals surface area contributed by atoms with Crippen LogP contribution in [0, 0.1) is 11.8 Å². The van der Waals surface area contributed by atoms with Gasteiger partial charge >= 0.3 is 0 Å². The summed E-state index contributed by atoms with van der Waals surface area (Å²) in [4.78, 5) is 8.28. The first-order valence-corrected chi connectivity index (χ1v) is 9.86. The Morgan fingerprint density at radius 2 is 2.00 bits per heavy atom. The van der Waals surface area contributed by atoms with E-state index in [4.69, 9.17) is 0 Å². The zero-order valence-electron chi connectivity index (χ0n) is 13.6. The second-order valence-corrected chi connectivity index (χ2v) is 8.41. The van der Waals surface area contributed by atoms with Crippen LogP contribution >= 0.6 is 11.8 Å². The Morgan fingerprint density at radius 1 is 1.13 bits per heavy atom. The first kappa shape index (κ1) is 14.2. The maximum absolute atomic E-state index is 2.69. The molecule has 0 amide bonds. The molecule has 0 radical (unpaired) electrons. The van der Waals surface area contributed by atoms with Gasteiger partial charge in [-0.2, -0.15) is 0 Å². The predicted molar refractivity (Wildman–Crippen MR) is 97.7 cm³/mol. The van der Waals surface area contributed by atoms with Gasteiger partial charge in [0, 0.05) is 28.6 Å². The van der Waals surface area contributed by atoms with Crippen molar-refractivity contribution in [2.75, 3.05) is 31.1 Å². The van der Waals surface area contributed by atoms with Crippen LogP contribution in [-0.2, 0) is 0 Å². The van der Waals surface area contributed by atoms with Gasteiger partial charge in [0.1, 0.15) is 0 Å². The van der Waals surface area contributed by atoms with Crippen LogP contribution in [0.4, 0.5) is 5.69 Å². The summed E-state index contributed by atoms with van der Waals surface area (Å²) in [5.41, 5.74) is 3.02. The molecule has 0 spiro atoms. The van der Waals surface area contributed by atoms with E-state index in [2.05, 4.69) is 46.2 Å². The molecule has 1 aromatic carbocycles. The van der Waals surface area contributed by atoms with E-state index in [1.54, 1.807) is 5.70 Å². The Balaban J connectivity index is 1.49. The molecule has 2 bridgehead atoms. The smallest absolute Gasteiger partial charge is 0.0550 e. The molecule has 4 aliphatic heterocycles. The lowest BCUT2D eigenvalue weighted by Crippen LogP contribution is -2.51. The first-order chi connectivity index (χ1) is 11.4. The van der Waals surface area contributed by atoms with Gasteiger partial charge in [-0.1, -0.05) is 36.0 Å². The number of hydrogen-bond acceptors (Lipinski definition) is 3. The third-order valence-corrected chi connectivity index (χ3v) is 7.17. The Kier molecular flexibility index (Phi) is 3.52. The number of fused-ring (bicyclic) bond motifs is 4. The van der Waals surface area contributed by atoms with Gasteiger partial charge in [0.05, 0.1) is 5.69 Å². The molecule has 1 aliphatic carbocycles. The van der Waals surface area contributed by atoms with Gasteiger partial charge in [-0.05, 0) is 62.7 Å². The van der Waals surface area contributed by atoms with E-state index in [1.807, 2.05) is 11.8 Å². The van der Waals surface area contributed by atoms with Crippen molar-refractivity contribution in [3.05, 3.63) is 47.0 Å². The van der Waals surface area contributed by atoms with Gasteiger partial charge in [-0.25, -0.2) is 0 Å². The van der Waals surface area contributed by atoms with Crippen molar-refractivity contribution in [2.45, 2.75) is 30.6 Å². The van der Waals surface area contributed by atoms with Gasteiger partial charge in [0.15, 0.2) is 0 Å². The number of nitrogens with zero attached hydrogens (tertiary/aromatic N) is 2. The van der Waals surface area contributed by atoms with Crippen molar-refractivity contribution in [3.8, 4) is 0 Å². The topological polar surface area (TPSA) is 6.48 Å². The monoisotopic (exact) mass is 324 g/mol. The quantitative estimate of drug-likeness (QED) is 0.791. The van der Waals surface area contributed by atoms with E-state index in [9.17, 15) is 0 Å². The standard InChI is InChI=1S/C20H24N2S/c1-3-7-19-17(5-1)22(18-6-2-4-8-20(18)23-19)14-16-13-21-11-9-15(16)10-12-21/h1,3-5,7-8,15-16H,2,6,9-14H2/t16-/m1/s1. The molecule has 23 heavy (non-hydrogen) atoms. The molecule has 120 valence electrons. The normalized spacial score (nSPS) is 32.0. The van der Waals surface area contributed by atoms with Crippen LogP contribution in [0.3, 0.4) is 0 Å². The highest BCUT2D eigenvalue weighted by Gasteiger charge is 2.37. The van der Waals surface area contributed by atoms with Crippen LogP contribution in [0.25, 0.3) is 0 Å². The zero-order valence-corrected chi connectivity index (χ0v) is 14.4. The minimum atomic E-state index is 0.841. The highest BCUT2D eigenvalue weighted by molar-refractivity contribution is 8.03. The molecule has 4 heterocycles. The Bertz CT molecular complexity index is 670. The van der Waals surface area contributed by atoms with E-state index in [1.165, 1.54) is 67.4 Å². The highest BCUT2D eigenvalue weighted by Crippen LogP contribution is 2.47. The van der Waals surface area contributed by atoms with E-state index in [0.717, 1.165) is 11.8 Å². The van der Waals surface area contributed by atoms with Gasteiger partial charge in [-0.15, -0.1) is 0 Å². The van der Waals surface area contributed by atoms with Crippen LogP contribution < -0.4 is 4.90 Å². The molecule has 5 aliphatic rings. The predicted octanol–water partition coefficient (Wildman–Crippen LogP) is 4.50. The first-order valence-electron chi connectivity index (χ1n) is 9.05. The van der Waals surface area contributed by atoms with Crippen LogP contribution in [0.1, 0.15) is 25.7 Å². The summed E-state index contributed by atoms with van der Waals surface area (Å²) in [6.07, 6.45) is 9.92. The average molecular weight is 324 g/mol. The molecule has 0 aromatic heterocycles. The molecule has 1 atom stereocenters. The highest BCUT2D eigenvalue weighted by atomic mass is 32.2. The summed E-state index contributed by atoms with van der Waals surface area (Å²) in [5, 5.41) is 0. The summed E-state index contributed by atoms with van der Waals surface area (Å²) in [6, 6.07) is 8.99. The fourth-order valence-electron chi connectivity index (χ4n) is 4.76. The van der Waals surface area contributed by atoms with Crippen LogP contribution in [0.15, 0.2) is 51.9 Å². The van der Waals surface area contributed by atoms with Crippen LogP contribution in [-0.4, -0.2) is 31.1 Å². The van der Waals surface area contributed by atoms with Crippen molar-refractivity contribution in [1.29, 1.82) is 0 Å². The minimum absolute atomic E-state index is 0.841. The van der Waals surface area contributed by atoms with E-state index < -0.39 is 0 Å². The lowest BCUT2D eigenvalue weighted by molar-refractivity contribution is 0.0549. The van der Waals surface area contributed by atoms with E-state index in [0.29, 0.717) is 0 Å². The van der Waals surface area contributed by atoms with Crippen molar-refractivity contribution < 1.29 is 0 Å². The van der Waals surface area contributed by atoms with Crippen LogP contribution in [0.5, 0.6) is 0 Å². The van der Waals surface area contributed by atoms with Gasteiger partial charge in [0.2, 0.25) is 0 Å². The number of allylic oxidation sites excluding steroid dienone is 3. The molecule has 3 heteroatoms. The summed E-state index contributed by atoms with van der Waals surface area (Å²) in [5.74, 6) is 1.79. The SMILES string of the molecule is C1=CC2=C(CC1)N(C[C@H]1CN3CCC1CC3)c1ccccc1S2. The van der Waals surface area contributed by atoms with Gasteiger partial charge in [0.25, 0.3) is 0 Å². The Morgan fingerprint density at radius 3 is 2.83 bits per heavy atom. The van der Waals surface area contributed by atoms with E-state index in [-0.39, 0.29) is 0 Å². The molecule has 3 fully saturated rings. The Hall–Kier alpha value is -1.19. The van der Waals surface area contributed by atoms with Crippen molar-refractivity contribution in [1.82, 2.24) is 4.90 Å². The summed E-state index contributed by atoms with van der Waals surface area (Å²) >= 11 is 1.96. The number of anilines is 1. The number of hydrogen-bond donors (Lipinski definition) is 0. The minimum Gasteiger partial charge on any atom is -0.343 e. The molecule has 2 nitrogen and oxygen atoms in total. The number of piperidine rings is 3. The van der Waals surface area contributed by atoms with Crippen molar-refractivity contribution >= 4 is 17.4 Å². The molecule has 6 rings (SSSR count). The maximum Gasteiger partial charge on any atom is 0.0550 e. The largest absolute Gasteiger partial charge is 0.343 e. The van der Waals surface area contributed by atoms with E-state index >= 15 is 0 Å². The third-order valence-electron chi connectivity index (χ3n) is 6.01. The second-order valence-electron chi connectivity index (χ2n) is 7.33. The molecular formula is C20H24N2S. The molecular weight excluding hydrogens is 300 g/mol. The molecule has 0 N–H and O–H groups in total. The lowest BCUT2D eigenvalue weighted by atomic mass is 9.78. The van der Waals surface area contributed by atoms with Crippen molar-refractivity contribution in [2.24, 2.45) is 11.8 Å². The number of thioether (sulfide) groups is 1. The fraction of sp³-hybridized carbons (Fsp3) is 0.500. The van der Waals surface area contributed by atoms with Gasteiger partial charge < -0.3 is 9.80 Å². The Labute approximate surface area is 143 Å². The fourth-order valence-corrected chi connectivity index (χ4v) is 5.92. The average Bonchev–Trinajstić information content (AvgIpc) is 2.62. The van der Waals surface area contributed by atoms with Gasteiger partial charge in [-0.3, -0.25) is 0 Å². The zero-order chi connectivity index (χ0) is 15.2. The maximum atomic E-state index is 2.69. The molecule has 1 aromatic rings. The second kappa shape index (κ2) is 5.71. The molecule has 3 saturated heterocycles. The summed E-state index contributed by atoms with van der Waals surface area (Å²) in [6.45, 7) is 5.20. The summed E-state index contributed by atoms with van der Waals surface area (Å²) in [7, 11) is 0. The van der Waals surface area contributed by atoms with Crippen molar-refractivity contribution in [3.63, 3.8) is 0 Å². The van der Waals surface area contributed by atoms with Crippen LogP contribution in [0.2, 0.25) is 0 Å². The number of rotatable bonds is 2. The molecule has 0 saturated carbocycles.